The molecular formula is C57H56F7N9O5. The number of methoxy groups -OCH3 is 3. The Kier molecular flexibility index (Phi) is 13.6. The molecule has 0 bridgehead atoms. The third-order valence-electron chi connectivity index (χ3n) is 15.8. The van der Waals surface area contributed by atoms with Crippen molar-refractivity contribution in [3.05, 3.63) is 136 Å². The Hall–Kier alpha value is -7.68. The molecule has 1 spiro atoms. The molecule has 0 unspecified atom stereocenters. The van der Waals surface area contributed by atoms with E-state index in [1.165, 1.54) is 20.5 Å². The number of anilines is 3. The second-order valence-corrected chi connectivity index (χ2v) is 20.6. The first-order chi connectivity index (χ1) is 37.4. The van der Waals surface area contributed by atoms with Crippen LogP contribution < -0.4 is 38.8 Å². The highest BCUT2D eigenvalue weighted by molar-refractivity contribution is 5.97. The van der Waals surface area contributed by atoms with Crippen molar-refractivity contribution in [2.24, 2.45) is 5.41 Å². The zero-order valence-corrected chi connectivity index (χ0v) is 43.5. The van der Waals surface area contributed by atoms with Crippen LogP contribution in [0.3, 0.4) is 0 Å². The monoisotopic (exact) mass is 1080 g/mol. The van der Waals surface area contributed by atoms with Crippen LogP contribution in [-0.4, -0.2) is 95.5 Å². The van der Waals surface area contributed by atoms with Crippen LogP contribution in [0.4, 0.5) is 48.1 Å². The predicted molar refractivity (Wildman–Crippen MR) is 278 cm³/mol. The summed E-state index contributed by atoms with van der Waals surface area (Å²) in [7, 11) is 4.61. The molecule has 78 heavy (non-hydrogen) atoms. The number of rotatable bonds is 17. The minimum absolute atomic E-state index is 0.00728. The highest BCUT2D eigenvalue weighted by Crippen LogP contribution is 2.69. The summed E-state index contributed by atoms with van der Waals surface area (Å²) in [6, 6.07) is 21.4. The van der Waals surface area contributed by atoms with Gasteiger partial charge < -0.3 is 38.8 Å². The van der Waals surface area contributed by atoms with Crippen LogP contribution in [0.25, 0.3) is 22.2 Å². The van der Waals surface area contributed by atoms with Crippen LogP contribution in [0.1, 0.15) is 72.0 Å². The average molecular weight is 1080 g/mol. The first-order valence-electron chi connectivity index (χ1n) is 25.6. The molecule has 11 rings (SSSR count). The summed E-state index contributed by atoms with van der Waals surface area (Å²) >= 11 is 0. The fraction of sp³-hybridized carbons (Fsp3) is 0.386. The molecule has 0 amide bonds. The van der Waals surface area contributed by atoms with E-state index in [1.807, 2.05) is 36.1 Å². The molecule has 3 aromatic heterocycles. The van der Waals surface area contributed by atoms with Gasteiger partial charge in [-0.15, -0.1) is 0 Å². The van der Waals surface area contributed by atoms with E-state index in [1.54, 1.807) is 71.6 Å². The molecule has 21 heteroatoms. The molecule has 7 aromatic rings. The number of hydrogen-bond donors (Lipinski definition) is 1. The van der Waals surface area contributed by atoms with Gasteiger partial charge in [-0.3, -0.25) is 4.90 Å². The Balaban J connectivity index is 1.05. The van der Waals surface area contributed by atoms with Crippen LogP contribution in [-0.2, 0) is 25.8 Å². The highest BCUT2D eigenvalue weighted by Gasteiger charge is 2.77. The molecule has 3 fully saturated rings. The first kappa shape index (κ1) is 52.4. The molecule has 6 heterocycles. The van der Waals surface area contributed by atoms with E-state index in [0.717, 1.165) is 25.0 Å². The van der Waals surface area contributed by atoms with Gasteiger partial charge in [0, 0.05) is 49.9 Å². The largest absolute Gasteiger partial charge is 0.497 e. The Morgan fingerprint density at radius 3 is 2.05 bits per heavy atom. The number of halogens is 7. The van der Waals surface area contributed by atoms with Crippen LogP contribution in [0.2, 0.25) is 0 Å². The number of aromatic nitrogens is 5. The summed E-state index contributed by atoms with van der Waals surface area (Å²) in [5.41, 5.74) is -3.64. The van der Waals surface area contributed by atoms with Crippen molar-refractivity contribution in [1.82, 2.24) is 29.8 Å². The number of alkyl halides is 5. The van der Waals surface area contributed by atoms with Crippen LogP contribution >= 0.6 is 0 Å². The Labute approximate surface area is 445 Å². The molecule has 3 aliphatic heterocycles. The lowest BCUT2D eigenvalue weighted by Crippen LogP contribution is -2.43. The van der Waals surface area contributed by atoms with E-state index in [-0.39, 0.29) is 81.0 Å². The SMILES string of the molecule is COc1ccc(CNc2ncncc2[C@@H](C)N2CCOc3nc(-c4cc(N(Cc5ccc(OC)cc5)Cc5ccc(OC)cc5)c(F)c(C)c4C(F)(F)F)c(F)c4nc(OC[C@@]56CCCN5C[C@]5(CC5(F)F)C6)nc2c34)cc1. The molecule has 1 saturated carbocycles. The van der Waals surface area contributed by atoms with Crippen molar-refractivity contribution in [3.8, 4) is 40.4 Å². The lowest BCUT2D eigenvalue weighted by Gasteiger charge is -2.32. The van der Waals surface area contributed by atoms with E-state index < -0.39 is 68.6 Å². The Bertz CT molecular complexity index is 3330. The normalized spacial score (nSPS) is 19.8. The molecule has 14 nitrogen and oxygen atoms in total. The number of pyridine rings is 1. The molecule has 3 atom stereocenters. The van der Waals surface area contributed by atoms with Crippen molar-refractivity contribution >= 4 is 28.2 Å². The molecular weight excluding hydrogens is 1020 g/mol. The highest BCUT2D eigenvalue weighted by atomic mass is 19.4. The van der Waals surface area contributed by atoms with Crippen LogP contribution in [0.15, 0.2) is 91.4 Å². The van der Waals surface area contributed by atoms with E-state index in [9.17, 15) is 8.78 Å². The fourth-order valence-electron chi connectivity index (χ4n) is 11.6. The number of fused-ring (bicyclic) bond motifs is 1. The molecule has 0 radical (unpaired) electrons. The summed E-state index contributed by atoms with van der Waals surface area (Å²) < 4.78 is 141. The Morgan fingerprint density at radius 1 is 0.821 bits per heavy atom. The van der Waals surface area contributed by atoms with Gasteiger partial charge in [-0.2, -0.15) is 23.1 Å². The molecule has 2 saturated heterocycles. The zero-order valence-electron chi connectivity index (χ0n) is 43.5. The van der Waals surface area contributed by atoms with Gasteiger partial charge in [0.05, 0.1) is 56.1 Å². The van der Waals surface area contributed by atoms with Gasteiger partial charge in [-0.25, -0.2) is 32.5 Å². The number of benzene rings is 4. The summed E-state index contributed by atoms with van der Waals surface area (Å²) in [6.07, 6.45) is -0.920. The second kappa shape index (κ2) is 20.3. The summed E-state index contributed by atoms with van der Waals surface area (Å²) in [5.74, 6) is -3.19. The third kappa shape index (κ3) is 9.63. The van der Waals surface area contributed by atoms with Gasteiger partial charge in [0.15, 0.2) is 5.82 Å². The zero-order chi connectivity index (χ0) is 54.7. The van der Waals surface area contributed by atoms with E-state index >= 15 is 22.0 Å². The minimum Gasteiger partial charge on any atom is -0.497 e. The fourth-order valence-corrected chi connectivity index (χ4v) is 11.6. The van der Waals surface area contributed by atoms with E-state index in [0.29, 0.717) is 59.3 Å². The van der Waals surface area contributed by atoms with Crippen LogP contribution in [0, 0.1) is 24.0 Å². The van der Waals surface area contributed by atoms with Gasteiger partial charge >= 0.3 is 12.2 Å². The number of nitrogens with zero attached hydrogens (tertiary/aromatic N) is 8. The van der Waals surface area contributed by atoms with Crippen molar-refractivity contribution in [3.63, 3.8) is 0 Å². The molecule has 4 aromatic carbocycles. The molecule has 408 valence electrons. The smallest absolute Gasteiger partial charge is 0.417 e. The summed E-state index contributed by atoms with van der Waals surface area (Å²) in [5, 5.41) is 3.32. The van der Waals surface area contributed by atoms with Crippen molar-refractivity contribution in [1.29, 1.82) is 0 Å². The standard InChI is InChI=1S/C57H56F7N9O5/c1-33-45(57(62,63)64)41(23-43(46(33)58)71(26-36-9-15-39(75-4)16-10-36)27-37-11-17-40(76-5)18-12-37)48-47(59)49-44-51(70-53(69-49)78-31-55-19-6-20-72(55)30-54(28-55)29-56(54,60)61)73(21-22-77-52(44)68-48)34(2)42-25-65-32-67-50(42)66-24-35-7-13-38(74-3)14-8-35/h7-18,23,25,32,34H,6,19-22,24,26-31H2,1-5H3,(H,65,66,67)/t34-,54-,55+/m1/s1. The third-order valence-corrected chi connectivity index (χ3v) is 15.8. The van der Waals surface area contributed by atoms with Crippen molar-refractivity contribution < 1.29 is 54.4 Å². The molecule has 1 aliphatic carbocycles. The van der Waals surface area contributed by atoms with Crippen LogP contribution in [0.5, 0.6) is 29.1 Å². The maximum atomic E-state index is 18.2. The van der Waals surface area contributed by atoms with Crippen molar-refractivity contribution in [2.75, 3.05) is 69.3 Å². The molecule has 4 aliphatic rings. The van der Waals surface area contributed by atoms with Gasteiger partial charge in [0.2, 0.25) is 5.88 Å². The quantitative estimate of drug-likeness (QED) is 0.0868. The van der Waals surface area contributed by atoms with E-state index in [4.69, 9.17) is 28.7 Å². The van der Waals surface area contributed by atoms with Gasteiger partial charge in [0.25, 0.3) is 5.92 Å². The van der Waals surface area contributed by atoms with Crippen molar-refractivity contribution in [2.45, 2.75) is 82.8 Å². The lowest BCUT2D eigenvalue weighted by molar-refractivity contribution is -0.137. The van der Waals surface area contributed by atoms with E-state index in [2.05, 4.69) is 25.3 Å². The van der Waals surface area contributed by atoms with Gasteiger partial charge in [0.1, 0.15) is 70.8 Å². The Morgan fingerprint density at radius 2 is 1.45 bits per heavy atom. The van der Waals surface area contributed by atoms with Gasteiger partial charge in [-0.05, 0) is 104 Å². The average Bonchev–Trinajstić information content (AvgIpc) is 2.75. The number of ether oxygens (including phenoxy) is 5. The lowest BCUT2D eigenvalue weighted by atomic mass is 9.89. The maximum Gasteiger partial charge on any atom is 0.417 e. The number of nitrogens with one attached hydrogen (secondary N) is 1. The summed E-state index contributed by atoms with van der Waals surface area (Å²) in [4.78, 5) is 28.3. The predicted octanol–water partition coefficient (Wildman–Crippen LogP) is 11.5. The summed E-state index contributed by atoms with van der Waals surface area (Å²) in [6.45, 7) is 3.90. The first-order valence-corrected chi connectivity index (χ1v) is 25.6. The molecule has 1 N–H and O–H groups in total. The topological polar surface area (TPSA) is 132 Å². The second-order valence-electron chi connectivity index (χ2n) is 20.6. The van der Waals surface area contributed by atoms with Gasteiger partial charge in [-0.1, -0.05) is 36.4 Å². The number of hydrogen-bond acceptors (Lipinski definition) is 14. The minimum atomic E-state index is -5.22. The maximum absolute atomic E-state index is 18.2.